The first-order valence-corrected chi connectivity index (χ1v) is 11.2. The van der Waals surface area contributed by atoms with Gasteiger partial charge in [0.05, 0.1) is 20.1 Å². The van der Waals surface area contributed by atoms with E-state index in [2.05, 4.69) is 26.2 Å². The molecular formula is C19H22BrN3O5S. The number of benzene rings is 1. The van der Waals surface area contributed by atoms with Crippen molar-refractivity contribution < 1.29 is 22.7 Å². The number of halogens is 1. The summed E-state index contributed by atoms with van der Waals surface area (Å²) in [4.78, 5) is 16.8. The molecule has 1 aliphatic rings. The van der Waals surface area contributed by atoms with Gasteiger partial charge in [-0.3, -0.25) is 4.79 Å². The molecule has 29 heavy (non-hydrogen) atoms. The summed E-state index contributed by atoms with van der Waals surface area (Å²) in [6, 6.07) is 8.08. The summed E-state index contributed by atoms with van der Waals surface area (Å²) in [5.74, 6) is 0.346. The maximum absolute atomic E-state index is 13.2. The average Bonchev–Trinajstić information content (AvgIpc) is 2.74. The molecular weight excluding hydrogens is 462 g/mol. The van der Waals surface area contributed by atoms with E-state index in [1.54, 1.807) is 30.5 Å². The molecule has 1 atom stereocenters. The number of anilines is 1. The van der Waals surface area contributed by atoms with Gasteiger partial charge in [-0.25, -0.2) is 13.4 Å². The molecule has 2 aromatic rings. The van der Waals surface area contributed by atoms with Crippen LogP contribution in [0.15, 0.2) is 45.9 Å². The zero-order valence-corrected chi connectivity index (χ0v) is 18.5. The van der Waals surface area contributed by atoms with Crippen molar-refractivity contribution >= 4 is 37.7 Å². The summed E-state index contributed by atoms with van der Waals surface area (Å²) in [7, 11) is -0.973. The average molecular weight is 484 g/mol. The molecule has 0 saturated carbocycles. The summed E-state index contributed by atoms with van der Waals surface area (Å²) in [6.07, 6.45) is 2.77. The first-order valence-electron chi connectivity index (χ1n) is 8.99. The lowest BCUT2D eigenvalue weighted by Gasteiger charge is -2.31. The van der Waals surface area contributed by atoms with Gasteiger partial charge in [-0.2, -0.15) is 4.31 Å². The lowest BCUT2D eigenvalue weighted by atomic mass is 9.99. The van der Waals surface area contributed by atoms with E-state index in [9.17, 15) is 13.2 Å². The number of ether oxygens (including phenoxy) is 2. The Morgan fingerprint density at radius 3 is 2.69 bits per heavy atom. The molecule has 1 amide bonds. The van der Waals surface area contributed by atoms with E-state index in [1.807, 2.05) is 0 Å². The van der Waals surface area contributed by atoms with Crippen LogP contribution >= 0.6 is 15.9 Å². The van der Waals surface area contributed by atoms with Gasteiger partial charge < -0.3 is 14.8 Å². The molecule has 1 fully saturated rings. The zero-order chi connectivity index (χ0) is 21.0. The second-order valence-corrected chi connectivity index (χ2v) is 9.39. The summed E-state index contributed by atoms with van der Waals surface area (Å²) in [6.45, 7) is 0.425. The topological polar surface area (TPSA) is 97.8 Å². The lowest BCUT2D eigenvalue weighted by molar-refractivity contribution is -0.120. The fraction of sp³-hybridized carbons (Fsp3) is 0.368. The van der Waals surface area contributed by atoms with E-state index in [-0.39, 0.29) is 23.1 Å². The highest BCUT2D eigenvalue weighted by atomic mass is 79.9. The number of amides is 1. The van der Waals surface area contributed by atoms with E-state index in [0.717, 1.165) is 4.47 Å². The van der Waals surface area contributed by atoms with Crippen LogP contribution in [0.4, 0.5) is 5.82 Å². The number of carbonyl (C=O) groups is 1. The number of piperidine rings is 1. The fourth-order valence-electron chi connectivity index (χ4n) is 3.18. The number of methoxy groups -OCH3 is 2. The van der Waals surface area contributed by atoms with Crippen molar-refractivity contribution in [3.8, 4) is 11.5 Å². The molecule has 1 aromatic heterocycles. The molecule has 1 unspecified atom stereocenters. The minimum atomic E-state index is -3.86. The largest absolute Gasteiger partial charge is 0.497 e. The van der Waals surface area contributed by atoms with E-state index in [0.29, 0.717) is 31.0 Å². The number of hydrogen-bond acceptors (Lipinski definition) is 6. The molecule has 1 aromatic carbocycles. The minimum Gasteiger partial charge on any atom is -0.497 e. The van der Waals surface area contributed by atoms with Crippen molar-refractivity contribution in [1.29, 1.82) is 0 Å². The fourth-order valence-corrected chi connectivity index (χ4v) is 5.11. The summed E-state index contributed by atoms with van der Waals surface area (Å²) in [5, 5.41) is 2.75. The predicted molar refractivity (Wildman–Crippen MR) is 112 cm³/mol. The summed E-state index contributed by atoms with van der Waals surface area (Å²) in [5.41, 5.74) is 0. The van der Waals surface area contributed by atoms with Crippen LogP contribution in [-0.4, -0.2) is 50.9 Å². The van der Waals surface area contributed by atoms with Crippen LogP contribution in [-0.2, 0) is 14.8 Å². The second-order valence-electron chi connectivity index (χ2n) is 6.57. The predicted octanol–water partition coefficient (Wildman–Crippen LogP) is 2.90. The van der Waals surface area contributed by atoms with Crippen LogP contribution in [0, 0.1) is 5.92 Å². The third kappa shape index (κ3) is 4.88. The molecule has 1 aliphatic heterocycles. The summed E-state index contributed by atoms with van der Waals surface area (Å²) >= 11 is 3.29. The van der Waals surface area contributed by atoms with E-state index in [4.69, 9.17) is 9.47 Å². The molecule has 156 valence electrons. The number of pyridine rings is 1. The number of carbonyl (C=O) groups excluding carboxylic acids is 1. The molecule has 0 radical (unpaired) electrons. The van der Waals surface area contributed by atoms with Gasteiger partial charge in [0.1, 0.15) is 22.2 Å². The number of sulfonamides is 1. The molecule has 1 N–H and O–H groups in total. The standard InChI is InChI=1S/C19H22BrN3O5S/c1-27-15-6-7-16(28-2)17(10-15)29(25,26)23-9-3-4-13(12-23)19(24)22-18-8-5-14(20)11-21-18/h5-8,10-11,13H,3-4,9,12H2,1-2H3,(H,21,22,24). The highest BCUT2D eigenvalue weighted by molar-refractivity contribution is 9.10. The van der Waals surface area contributed by atoms with E-state index >= 15 is 0 Å². The van der Waals surface area contributed by atoms with Crippen LogP contribution in [0.1, 0.15) is 12.8 Å². The molecule has 0 aliphatic carbocycles. The monoisotopic (exact) mass is 483 g/mol. The van der Waals surface area contributed by atoms with Gasteiger partial charge in [-0.1, -0.05) is 0 Å². The Morgan fingerprint density at radius 2 is 2.03 bits per heavy atom. The van der Waals surface area contributed by atoms with Crippen molar-refractivity contribution in [3.63, 3.8) is 0 Å². The molecule has 0 bridgehead atoms. The molecule has 1 saturated heterocycles. The van der Waals surface area contributed by atoms with Crippen LogP contribution in [0.2, 0.25) is 0 Å². The third-order valence-corrected chi connectivity index (χ3v) is 7.08. The smallest absolute Gasteiger partial charge is 0.246 e. The minimum absolute atomic E-state index is 0.0231. The van der Waals surface area contributed by atoms with Crippen LogP contribution in [0.5, 0.6) is 11.5 Å². The highest BCUT2D eigenvalue weighted by Crippen LogP contribution is 2.32. The maximum atomic E-state index is 13.2. The Hall–Kier alpha value is -2.17. The van der Waals surface area contributed by atoms with Gasteiger partial charge in [0.15, 0.2) is 0 Å². The Morgan fingerprint density at radius 1 is 1.24 bits per heavy atom. The van der Waals surface area contributed by atoms with Gasteiger partial charge in [-0.15, -0.1) is 0 Å². The Balaban J connectivity index is 1.79. The maximum Gasteiger partial charge on any atom is 0.246 e. The van der Waals surface area contributed by atoms with Gasteiger partial charge in [0, 0.05) is 29.8 Å². The SMILES string of the molecule is COc1ccc(OC)c(S(=O)(=O)N2CCCC(C(=O)Nc3ccc(Br)cn3)C2)c1. The van der Waals surface area contributed by atoms with Gasteiger partial charge in [0.2, 0.25) is 15.9 Å². The number of rotatable bonds is 6. The van der Waals surface area contributed by atoms with Gasteiger partial charge >= 0.3 is 0 Å². The number of hydrogen-bond donors (Lipinski definition) is 1. The molecule has 2 heterocycles. The quantitative estimate of drug-likeness (QED) is 0.678. The normalized spacial score (nSPS) is 17.6. The van der Waals surface area contributed by atoms with Crippen LogP contribution in [0.3, 0.4) is 0 Å². The van der Waals surface area contributed by atoms with Gasteiger partial charge in [0.25, 0.3) is 0 Å². The van der Waals surface area contributed by atoms with Crippen molar-refractivity contribution in [2.45, 2.75) is 17.7 Å². The van der Waals surface area contributed by atoms with Crippen LogP contribution in [0.25, 0.3) is 0 Å². The first kappa shape index (κ1) is 21.5. The van der Waals surface area contributed by atoms with Crippen molar-refractivity contribution in [2.24, 2.45) is 5.92 Å². The second kappa shape index (κ2) is 9.10. The third-order valence-electron chi connectivity index (χ3n) is 4.72. The Kier molecular flexibility index (Phi) is 6.76. The van der Waals surface area contributed by atoms with Crippen molar-refractivity contribution in [1.82, 2.24) is 9.29 Å². The van der Waals surface area contributed by atoms with Crippen LogP contribution < -0.4 is 14.8 Å². The molecule has 10 heteroatoms. The first-order chi connectivity index (χ1) is 13.8. The Bertz CT molecular complexity index is 982. The molecule has 0 spiro atoms. The zero-order valence-electron chi connectivity index (χ0n) is 16.1. The van der Waals surface area contributed by atoms with Gasteiger partial charge in [-0.05, 0) is 53.0 Å². The summed E-state index contributed by atoms with van der Waals surface area (Å²) < 4.78 is 39.0. The Labute approximate surface area is 178 Å². The number of aromatic nitrogens is 1. The lowest BCUT2D eigenvalue weighted by Crippen LogP contribution is -2.43. The van der Waals surface area contributed by atoms with E-state index < -0.39 is 15.9 Å². The number of nitrogens with zero attached hydrogens (tertiary/aromatic N) is 2. The molecule has 3 rings (SSSR count). The highest BCUT2D eigenvalue weighted by Gasteiger charge is 2.35. The van der Waals surface area contributed by atoms with E-state index in [1.165, 1.54) is 24.6 Å². The van der Waals surface area contributed by atoms with Crippen molar-refractivity contribution in [3.05, 3.63) is 41.0 Å². The molecule has 8 nitrogen and oxygen atoms in total. The number of nitrogens with one attached hydrogen (secondary N) is 1. The van der Waals surface area contributed by atoms with Crippen molar-refractivity contribution in [2.75, 3.05) is 32.6 Å².